The largest absolute Gasteiger partial charge is 0.376 e. The third kappa shape index (κ3) is 5.43. The van der Waals surface area contributed by atoms with Crippen molar-refractivity contribution in [2.75, 3.05) is 43.4 Å². The first-order valence-corrected chi connectivity index (χ1v) is 13.2. The lowest BCUT2D eigenvalue weighted by Crippen LogP contribution is -2.49. The summed E-state index contributed by atoms with van der Waals surface area (Å²) < 4.78 is 8.12. The van der Waals surface area contributed by atoms with Crippen molar-refractivity contribution < 1.29 is 9.53 Å². The molecule has 5 rings (SSSR count). The highest BCUT2D eigenvalue weighted by molar-refractivity contribution is 7.99. The summed E-state index contributed by atoms with van der Waals surface area (Å²) in [6.45, 7) is 4.63. The Balaban J connectivity index is 1.22. The maximum absolute atomic E-state index is 13.0. The molecule has 3 aromatic rings. The van der Waals surface area contributed by atoms with Crippen molar-refractivity contribution in [2.24, 2.45) is 0 Å². The molecule has 1 unspecified atom stereocenters. The summed E-state index contributed by atoms with van der Waals surface area (Å²) in [6, 6.07) is 18.2. The molecule has 0 aliphatic carbocycles. The van der Waals surface area contributed by atoms with Crippen LogP contribution in [0.1, 0.15) is 12.8 Å². The summed E-state index contributed by atoms with van der Waals surface area (Å²) in [4.78, 5) is 21.9. The lowest BCUT2D eigenvalue weighted by atomic mass is 10.1. The minimum absolute atomic E-state index is 0.156. The zero-order valence-electron chi connectivity index (χ0n) is 19.1. The van der Waals surface area contributed by atoms with E-state index in [1.165, 1.54) is 11.8 Å². The highest BCUT2D eigenvalue weighted by atomic mass is 35.5. The van der Waals surface area contributed by atoms with E-state index in [1.807, 2.05) is 47.5 Å². The molecule has 0 radical (unpaired) electrons. The molecule has 2 aliphatic rings. The van der Waals surface area contributed by atoms with Crippen LogP contribution in [0, 0.1) is 0 Å². The average molecular weight is 497 g/mol. The number of hydrogen-bond donors (Lipinski definition) is 0. The number of imidazole rings is 1. The fraction of sp³-hybridized carbons (Fsp3) is 0.385. The third-order valence-electron chi connectivity index (χ3n) is 6.43. The number of ether oxygens (including phenoxy) is 1. The summed E-state index contributed by atoms with van der Waals surface area (Å²) in [5.41, 5.74) is 3.31. The van der Waals surface area contributed by atoms with Crippen LogP contribution in [0.3, 0.4) is 0 Å². The van der Waals surface area contributed by atoms with Crippen LogP contribution in [0.2, 0.25) is 5.02 Å². The van der Waals surface area contributed by atoms with Crippen LogP contribution in [0.5, 0.6) is 0 Å². The van der Waals surface area contributed by atoms with Gasteiger partial charge in [-0.05, 0) is 36.6 Å². The van der Waals surface area contributed by atoms with E-state index < -0.39 is 0 Å². The Bertz CT molecular complexity index is 1110. The van der Waals surface area contributed by atoms with E-state index in [2.05, 4.69) is 27.7 Å². The molecule has 2 saturated heterocycles. The molecule has 0 bridgehead atoms. The van der Waals surface area contributed by atoms with Gasteiger partial charge in [-0.1, -0.05) is 59.8 Å². The predicted molar refractivity (Wildman–Crippen MR) is 138 cm³/mol. The van der Waals surface area contributed by atoms with Gasteiger partial charge < -0.3 is 19.1 Å². The van der Waals surface area contributed by atoms with E-state index in [0.717, 1.165) is 66.2 Å². The number of benzene rings is 2. The van der Waals surface area contributed by atoms with E-state index in [4.69, 9.17) is 21.3 Å². The molecule has 2 aliphatic heterocycles. The number of rotatable bonds is 7. The first kappa shape index (κ1) is 23.3. The molecular weight excluding hydrogens is 468 g/mol. The Morgan fingerprint density at radius 3 is 2.65 bits per heavy atom. The summed E-state index contributed by atoms with van der Waals surface area (Å²) in [5, 5.41) is 1.61. The molecule has 2 aromatic carbocycles. The van der Waals surface area contributed by atoms with Crippen molar-refractivity contribution in [3.63, 3.8) is 0 Å². The molecule has 1 aromatic heterocycles. The Morgan fingerprint density at radius 1 is 1.09 bits per heavy atom. The minimum Gasteiger partial charge on any atom is -0.376 e. The van der Waals surface area contributed by atoms with Gasteiger partial charge in [0.15, 0.2) is 5.16 Å². The number of aromatic nitrogens is 2. The standard InChI is InChI=1S/C26H29ClN4O2S/c27-21-8-4-9-22(16-21)29-11-13-30(14-12-29)25(32)19-34-26-28-17-24(20-6-2-1-3-7-20)31(26)18-23-10-5-15-33-23/h1-4,6-9,16-17,23H,5,10-15,18-19H2. The van der Waals surface area contributed by atoms with Crippen LogP contribution in [0.15, 0.2) is 66.0 Å². The van der Waals surface area contributed by atoms with Gasteiger partial charge in [-0.15, -0.1) is 0 Å². The highest BCUT2D eigenvalue weighted by Gasteiger charge is 2.24. The van der Waals surface area contributed by atoms with E-state index in [-0.39, 0.29) is 12.0 Å². The van der Waals surface area contributed by atoms with E-state index in [1.54, 1.807) is 0 Å². The van der Waals surface area contributed by atoms with E-state index >= 15 is 0 Å². The SMILES string of the molecule is O=C(CSc1ncc(-c2ccccc2)n1CC1CCCO1)N1CCN(c2cccc(Cl)c2)CC1. The fourth-order valence-corrected chi connectivity index (χ4v) is 5.66. The van der Waals surface area contributed by atoms with Crippen molar-refractivity contribution in [2.45, 2.75) is 30.6 Å². The molecule has 0 spiro atoms. The molecule has 1 amide bonds. The fourth-order valence-electron chi connectivity index (χ4n) is 4.59. The number of thioether (sulfide) groups is 1. The second kappa shape index (κ2) is 10.8. The van der Waals surface area contributed by atoms with Crippen LogP contribution in [0.4, 0.5) is 5.69 Å². The van der Waals surface area contributed by atoms with Gasteiger partial charge in [0.05, 0.1) is 30.3 Å². The molecule has 3 heterocycles. The molecule has 2 fully saturated rings. The van der Waals surface area contributed by atoms with Crippen LogP contribution in [0.25, 0.3) is 11.3 Å². The van der Waals surface area contributed by atoms with Gasteiger partial charge in [-0.3, -0.25) is 4.79 Å². The molecule has 6 nitrogen and oxygen atoms in total. The molecule has 178 valence electrons. The Kier molecular flexibility index (Phi) is 7.42. The zero-order chi connectivity index (χ0) is 23.3. The predicted octanol–water partition coefficient (Wildman–Crippen LogP) is 4.82. The maximum Gasteiger partial charge on any atom is 0.233 e. The number of piperazine rings is 1. The van der Waals surface area contributed by atoms with Crippen molar-refractivity contribution >= 4 is 35.0 Å². The van der Waals surface area contributed by atoms with Gasteiger partial charge in [-0.2, -0.15) is 0 Å². The Morgan fingerprint density at radius 2 is 1.91 bits per heavy atom. The van der Waals surface area contributed by atoms with Crippen LogP contribution < -0.4 is 4.90 Å². The normalized spacial score (nSPS) is 18.4. The second-order valence-corrected chi connectivity index (χ2v) is 10.1. The van der Waals surface area contributed by atoms with Crippen LogP contribution in [-0.2, 0) is 16.1 Å². The first-order chi connectivity index (χ1) is 16.7. The molecule has 0 saturated carbocycles. The Hall–Kier alpha value is -2.48. The molecule has 8 heteroatoms. The van der Waals surface area contributed by atoms with Crippen molar-refractivity contribution in [1.29, 1.82) is 0 Å². The lowest BCUT2D eigenvalue weighted by Gasteiger charge is -2.36. The summed E-state index contributed by atoms with van der Waals surface area (Å²) in [5.74, 6) is 0.539. The third-order valence-corrected chi connectivity index (χ3v) is 7.64. The highest BCUT2D eigenvalue weighted by Crippen LogP contribution is 2.29. The van der Waals surface area contributed by atoms with Gasteiger partial charge in [0, 0.05) is 43.5 Å². The maximum atomic E-state index is 13.0. The van der Waals surface area contributed by atoms with Crippen molar-refractivity contribution in [3.8, 4) is 11.3 Å². The van der Waals surface area contributed by atoms with Crippen LogP contribution >= 0.6 is 23.4 Å². The number of carbonyl (C=O) groups is 1. The lowest BCUT2D eigenvalue weighted by molar-refractivity contribution is -0.128. The smallest absolute Gasteiger partial charge is 0.233 e. The Labute approximate surface area is 209 Å². The quantitative estimate of drug-likeness (QED) is 0.439. The number of anilines is 1. The van der Waals surface area contributed by atoms with Gasteiger partial charge in [-0.25, -0.2) is 4.98 Å². The van der Waals surface area contributed by atoms with Gasteiger partial charge in [0.2, 0.25) is 5.91 Å². The summed E-state index contributed by atoms with van der Waals surface area (Å²) in [6.07, 6.45) is 4.28. The van der Waals surface area contributed by atoms with Crippen molar-refractivity contribution in [3.05, 3.63) is 65.8 Å². The summed E-state index contributed by atoms with van der Waals surface area (Å²) in [7, 11) is 0. The molecular formula is C26H29ClN4O2S. The zero-order valence-corrected chi connectivity index (χ0v) is 20.7. The van der Waals surface area contributed by atoms with E-state index in [9.17, 15) is 4.79 Å². The number of carbonyl (C=O) groups excluding carboxylic acids is 1. The average Bonchev–Trinajstić information content (AvgIpc) is 3.54. The molecule has 1 atom stereocenters. The second-order valence-electron chi connectivity index (χ2n) is 8.67. The molecule has 0 N–H and O–H groups in total. The van der Waals surface area contributed by atoms with Gasteiger partial charge in [0.1, 0.15) is 0 Å². The topological polar surface area (TPSA) is 50.6 Å². The number of amides is 1. The molecule has 34 heavy (non-hydrogen) atoms. The number of nitrogens with zero attached hydrogens (tertiary/aromatic N) is 4. The summed E-state index contributed by atoms with van der Waals surface area (Å²) >= 11 is 7.66. The monoisotopic (exact) mass is 496 g/mol. The minimum atomic E-state index is 0.156. The van der Waals surface area contributed by atoms with Gasteiger partial charge >= 0.3 is 0 Å². The van der Waals surface area contributed by atoms with Crippen LogP contribution in [-0.4, -0.2) is 65.0 Å². The van der Waals surface area contributed by atoms with Gasteiger partial charge in [0.25, 0.3) is 0 Å². The number of hydrogen-bond acceptors (Lipinski definition) is 5. The van der Waals surface area contributed by atoms with Crippen molar-refractivity contribution in [1.82, 2.24) is 14.5 Å². The van der Waals surface area contributed by atoms with E-state index in [0.29, 0.717) is 18.8 Å². The number of halogens is 1. The first-order valence-electron chi connectivity index (χ1n) is 11.8.